The Kier molecular flexibility index (Phi) is 3.58. The highest BCUT2D eigenvalue weighted by atomic mass is 16.6. The molecule has 2 aliphatic rings. The number of nitrogens with two attached hydrogens (primary N) is 1. The minimum Gasteiger partial charge on any atom is -0.444 e. The van der Waals surface area contributed by atoms with Crippen molar-refractivity contribution < 1.29 is 9.53 Å². The lowest BCUT2D eigenvalue weighted by Gasteiger charge is -2.50. The molecule has 0 spiro atoms. The van der Waals surface area contributed by atoms with Crippen LogP contribution in [0, 0.1) is 5.92 Å². The molecule has 2 N–H and O–H groups in total. The van der Waals surface area contributed by atoms with Crippen LogP contribution < -0.4 is 5.73 Å². The van der Waals surface area contributed by atoms with E-state index in [1.807, 2.05) is 20.8 Å². The van der Waals surface area contributed by atoms with Crippen LogP contribution in [0.4, 0.5) is 4.79 Å². The number of carbonyl (C=O) groups excluding carboxylic acids is 1. The number of ether oxygens (including phenoxy) is 1. The van der Waals surface area contributed by atoms with Crippen molar-refractivity contribution in [1.82, 2.24) is 4.90 Å². The van der Waals surface area contributed by atoms with Gasteiger partial charge in [-0.3, -0.25) is 0 Å². The molecule has 1 saturated heterocycles. The van der Waals surface area contributed by atoms with E-state index < -0.39 is 5.60 Å². The Morgan fingerprint density at radius 1 is 1.22 bits per heavy atom. The van der Waals surface area contributed by atoms with Crippen LogP contribution in [0.25, 0.3) is 0 Å². The molecule has 0 atom stereocenters. The number of hydrogen-bond acceptors (Lipinski definition) is 3. The molecule has 0 bridgehead atoms. The van der Waals surface area contributed by atoms with Gasteiger partial charge in [0.1, 0.15) is 5.60 Å². The second-order valence-corrected chi connectivity index (χ2v) is 6.88. The third-order valence-corrected chi connectivity index (χ3v) is 4.13. The highest BCUT2D eigenvalue weighted by molar-refractivity contribution is 5.69. The van der Waals surface area contributed by atoms with E-state index >= 15 is 0 Å². The lowest BCUT2D eigenvalue weighted by molar-refractivity contribution is -0.0200. The predicted molar refractivity (Wildman–Crippen MR) is 71.3 cm³/mol. The van der Waals surface area contributed by atoms with Crippen LogP contribution in [0.3, 0.4) is 0 Å². The Morgan fingerprint density at radius 2 is 1.78 bits per heavy atom. The van der Waals surface area contributed by atoms with Crippen molar-refractivity contribution in [2.24, 2.45) is 11.7 Å². The molecule has 1 aliphatic carbocycles. The van der Waals surface area contributed by atoms with Gasteiger partial charge in [0, 0.05) is 24.5 Å². The fraction of sp³-hybridized carbons (Fsp3) is 0.929. The van der Waals surface area contributed by atoms with Crippen molar-refractivity contribution in [2.75, 3.05) is 13.1 Å². The molecule has 0 aromatic heterocycles. The number of likely N-dealkylation sites (tertiary alicyclic amines) is 1. The van der Waals surface area contributed by atoms with Gasteiger partial charge in [0.05, 0.1) is 0 Å². The van der Waals surface area contributed by atoms with E-state index in [-0.39, 0.29) is 11.6 Å². The largest absolute Gasteiger partial charge is 0.444 e. The molecule has 0 aromatic rings. The van der Waals surface area contributed by atoms with E-state index in [1.165, 1.54) is 19.3 Å². The van der Waals surface area contributed by atoms with Crippen LogP contribution in [0.5, 0.6) is 0 Å². The molecule has 2 fully saturated rings. The van der Waals surface area contributed by atoms with Crippen LogP contribution in [-0.4, -0.2) is 35.2 Å². The zero-order valence-corrected chi connectivity index (χ0v) is 11.9. The van der Waals surface area contributed by atoms with E-state index in [4.69, 9.17) is 10.5 Å². The Balaban J connectivity index is 1.81. The molecular weight excluding hydrogens is 228 g/mol. The third-order valence-electron chi connectivity index (χ3n) is 4.13. The molecule has 104 valence electrons. The molecule has 0 aromatic carbocycles. The van der Waals surface area contributed by atoms with E-state index in [0.29, 0.717) is 5.92 Å². The highest BCUT2D eigenvalue weighted by Gasteiger charge is 2.45. The van der Waals surface area contributed by atoms with Crippen molar-refractivity contribution in [3.63, 3.8) is 0 Å². The second-order valence-electron chi connectivity index (χ2n) is 6.88. The molecule has 18 heavy (non-hydrogen) atoms. The summed E-state index contributed by atoms with van der Waals surface area (Å²) in [7, 11) is 0. The third kappa shape index (κ3) is 2.97. The van der Waals surface area contributed by atoms with Gasteiger partial charge in [0.25, 0.3) is 0 Å². The van der Waals surface area contributed by atoms with Crippen molar-refractivity contribution in [3.05, 3.63) is 0 Å². The fourth-order valence-corrected chi connectivity index (χ4v) is 2.94. The van der Waals surface area contributed by atoms with Crippen LogP contribution in [0.1, 0.15) is 52.9 Å². The van der Waals surface area contributed by atoms with Gasteiger partial charge < -0.3 is 15.4 Å². The average Bonchev–Trinajstić information content (AvgIpc) is 2.12. The molecule has 2 rings (SSSR count). The number of hydrogen-bond donors (Lipinski definition) is 1. The first kappa shape index (κ1) is 13.7. The van der Waals surface area contributed by atoms with Crippen LogP contribution in [0.2, 0.25) is 0 Å². The first-order valence-corrected chi connectivity index (χ1v) is 7.07. The smallest absolute Gasteiger partial charge is 0.410 e. The summed E-state index contributed by atoms with van der Waals surface area (Å²) < 4.78 is 5.36. The van der Waals surface area contributed by atoms with E-state index in [0.717, 1.165) is 25.9 Å². The second kappa shape index (κ2) is 4.72. The Labute approximate surface area is 110 Å². The normalized spacial score (nSPS) is 24.6. The summed E-state index contributed by atoms with van der Waals surface area (Å²) in [5, 5.41) is 0. The molecule has 1 heterocycles. The zero-order chi connectivity index (χ0) is 13.4. The minimum absolute atomic E-state index is 0.0310. The predicted octanol–water partition coefficient (Wildman–Crippen LogP) is 2.51. The van der Waals surface area contributed by atoms with Gasteiger partial charge >= 0.3 is 6.09 Å². The number of carbonyl (C=O) groups is 1. The molecule has 0 unspecified atom stereocenters. The Hall–Kier alpha value is -0.770. The summed E-state index contributed by atoms with van der Waals surface area (Å²) >= 11 is 0. The highest BCUT2D eigenvalue weighted by Crippen LogP contribution is 2.37. The molecule has 0 radical (unpaired) electrons. The van der Waals surface area contributed by atoms with Gasteiger partial charge in [-0.05, 0) is 33.6 Å². The minimum atomic E-state index is -0.409. The summed E-state index contributed by atoms with van der Waals surface area (Å²) in [6.07, 6.45) is 5.80. The maximum Gasteiger partial charge on any atom is 0.410 e. The maximum atomic E-state index is 11.8. The first-order chi connectivity index (χ1) is 8.30. The Morgan fingerprint density at radius 3 is 2.28 bits per heavy atom. The van der Waals surface area contributed by atoms with E-state index in [9.17, 15) is 4.79 Å². The molecule has 4 nitrogen and oxygen atoms in total. The van der Waals surface area contributed by atoms with Crippen molar-refractivity contribution in [3.8, 4) is 0 Å². The number of rotatable bonds is 1. The van der Waals surface area contributed by atoms with Crippen LogP contribution >= 0.6 is 0 Å². The quantitative estimate of drug-likeness (QED) is 0.782. The maximum absolute atomic E-state index is 11.8. The zero-order valence-electron chi connectivity index (χ0n) is 11.9. The SMILES string of the molecule is CC(C)(C)OC(=O)N1CC(C2(N)CCCCC2)C1. The monoisotopic (exact) mass is 254 g/mol. The average molecular weight is 254 g/mol. The van der Waals surface area contributed by atoms with E-state index in [1.54, 1.807) is 4.90 Å². The van der Waals surface area contributed by atoms with Crippen molar-refractivity contribution >= 4 is 6.09 Å². The lowest BCUT2D eigenvalue weighted by atomic mass is 9.70. The number of amides is 1. The molecule has 1 amide bonds. The summed E-state index contributed by atoms with van der Waals surface area (Å²) in [6.45, 7) is 7.23. The molecular formula is C14H26N2O2. The van der Waals surface area contributed by atoms with Crippen molar-refractivity contribution in [2.45, 2.75) is 64.0 Å². The number of nitrogens with zero attached hydrogens (tertiary/aromatic N) is 1. The van der Waals surface area contributed by atoms with Gasteiger partial charge in [0.15, 0.2) is 0 Å². The van der Waals surface area contributed by atoms with Crippen LogP contribution in [-0.2, 0) is 4.74 Å². The fourth-order valence-electron chi connectivity index (χ4n) is 2.94. The van der Waals surface area contributed by atoms with Crippen molar-refractivity contribution in [1.29, 1.82) is 0 Å². The summed E-state index contributed by atoms with van der Waals surface area (Å²) in [5.74, 6) is 0.463. The standard InChI is InChI=1S/C14H26N2O2/c1-13(2,3)18-12(17)16-9-11(10-16)14(15)7-5-4-6-8-14/h11H,4-10,15H2,1-3H3. The summed E-state index contributed by atoms with van der Waals surface area (Å²) in [6, 6.07) is 0. The Bertz CT molecular complexity index is 310. The first-order valence-electron chi connectivity index (χ1n) is 7.07. The molecule has 1 saturated carbocycles. The topological polar surface area (TPSA) is 55.6 Å². The van der Waals surface area contributed by atoms with Gasteiger partial charge in [-0.15, -0.1) is 0 Å². The lowest BCUT2D eigenvalue weighted by Crippen LogP contribution is -2.64. The van der Waals surface area contributed by atoms with Gasteiger partial charge in [-0.2, -0.15) is 0 Å². The van der Waals surface area contributed by atoms with Crippen LogP contribution in [0.15, 0.2) is 0 Å². The van der Waals surface area contributed by atoms with E-state index in [2.05, 4.69) is 0 Å². The van der Waals surface area contributed by atoms with Gasteiger partial charge in [-0.1, -0.05) is 19.3 Å². The molecule has 4 heteroatoms. The summed E-state index contributed by atoms with van der Waals surface area (Å²) in [5.41, 5.74) is 6.03. The molecule has 1 aliphatic heterocycles. The van der Waals surface area contributed by atoms with Gasteiger partial charge in [-0.25, -0.2) is 4.79 Å². The van der Waals surface area contributed by atoms with Gasteiger partial charge in [0.2, 0.25) is 0 Å². The summed E-state index contributed by atoms with van der Waals surface area (Å²) in [4.78, 5) is 13.6.